The first-order chi connectivity index (χ1) is 16.0. The highest BCUT2D eigenvalue weighted by molar-refractivity contribution is 5.79. The van der Waals surface area contributed by atoms with Crippen molar-refractivity contribution in [3.63, 3.8) is 0 Å². The van der Waals surface area contributed by atoms with E-state index < -0.39 is 29.5 Å². The maximum Gasteiger partial charge on any atom is 0.491 e. The van der Waals surface area contributed by atoms with Crippen molar-refractivity contribution >= 4 is 40.2 Å². The normalized spacial score (nSPS) is 11.5. The van der Waals surface area contributed by atoms with Crippen LogP contribution in [0.15, 0.2) is 45.7 Å². The second-order valence-electron chi connectivity index (χ2n) is 7.19. The molecular weight excluding hydrogens is 462 g/mol. The molecule has 2 aromatic carbocycles. The molecule has 34 heavy (non-hydrogen) atoms. The number of halogens is 4. The van der Waals surface area contributed by atoms with Gasteiger partial charge in [-0.2, -0.15) is 18.2 Å². The molecule has 2 aromatic heterocycles. The number of H-pyrrole nitrogens is 1. The molecule has 2 heterocycles. The molecule has 9 nitrogen and oxygen atoms in total. The molecule has 0 aliphatic carbocycles. The van der Waals surface area contributed by atoms with Gasteiger partial charge in [-0.25, -0.2) is 19.0 Å². The Labute approximate surface area is 187 Å². The lowest BCUT2D eigenvalue weighted by Crippen LogP contribution is -2.28. The van der Waals surface area contributed by atoms with Crippen LogP contribution in [-0.2, 0) is 4.79 Å². The number of anilines is 4. The molecule has 13 heteroatoms. The van der Waals surface area contributed by atoms with Crippen LogP contribution in [-0.4, -0.2) is 27.1 Å². The number of aryl methyl sites for hydroxylation is 2. The molecule has 4 aromatic rings. The summed E-state index contributed by atoms with van der Waals surface area (Å²) in [7, 11) is 0. The SMILES string of the molecule is Cc1cnc(Nc2cc(C)c(F)c(OC(=O)C(F)(F)F)c2)nc1Nc1ccc2oc(=O)[nH]c2c1. The molecule has 0 radical (unpaired) electrons. The smallest absolute Gasteiger partial charge is 0.417 e. The van der Waals surface area contributed by atoms with E-state index in [9.17, 15) is 27.2 Å². The first-order valence-corrected chi connectivity index (χ1v) is 9.59. The Bertz CT molecular complexity index is 1460. The number of benzene rings is 2. The van der Waals surface area contributed by atoms with E-state index in [1.807, 2.05) is 0 Å². The zero-order valence-corrected chi connectivity index (χ0v) is 17.5. The van der Waals surface area contributed by atoms with Crippen LogP contribution in [0.4, 0.5) is 40.7 Å². The number of nitrogens with one attached hydrogen (secondary N) is 3. The van der Waals surface area contributed by atoms with E-state index in [0.717, 1.165) is 6.07 Å². The number of carbonyl (C=O) groups excluding carboxylic acids is 1. The van der Waals surface area contributed by atoms with Crippen LogP contribution >= 0.6 is 0 Å². The summed E-state index contributed by atoms with van der Waals surface area (Å²) in [6, 6.07) is 7.08. The van der Waals surface area contributed by atoms with Crippen LogP contribution in [0.3, 0.4) is 0 Å². The van der Waals surface area contributed by atoms with Crippen LogP contribution in [0.1, 0.15) is 11.1 Å². The molecule has 0 aliphatic heterocycles. The maximum absolute atomic E-state index is 14.2. The number of oxazole rings is 1. The topological polar surface area (TPSA) is 122 Å². The summed E-state index contributed by atoms with van der Waals surface area (Å²) < 4.78 is 60.8. The van der Waals surface area contributed by atoms with Gasteiger partial charge in [-0.1, -0.05) is 0 Å². The summed E-state index contributed by atoms with van der Waals surface area (Å²) in [6.07, 6.45) is -3.80. The highest BCUT2D eigenvalue weighted by Gasteiger charge is 2.42. The van der Waals surface area contributed by atoms with Crippen molar-refractivity contribution in [3.05, 3.63) is 64.0 Å². The number of fused-ring (bicyclic) bond motifs is 1. The molecule has 3 N–H and O–H groups in total. The number of ether oxygens (including phenoxy) is 1. The van der Waals surface area contributed by atoms with E-state index in [0.29, 0.717) is 28.2 Å². The second-order valence-corrected chi connectivity index (χ2v) is 7.19. The molecule has 0 bridgehead atoms. The summed E-state index contributed by atoms with van der Waals surface area (Å²) in [4.78, 5) is 33.4. The number of alkyl halides is 3. The van der Waals surface area contributed by atoms with Gasteiger partial charge in [-0.05, 0) is 43.7 Å². The summed E-state index contributed by atoms with van der Waals surface area (Å²) in [5, 5.41) is 5.81. The van der Waals surface area contributed by atoms with E-state index >= 15 is 0 Å². The Kier molecular flexibility index (Phi) is 5.69. The number of hydrogen-bond donors (Lipinski definition) is 3. The molecule has 0 spiro atoms. The number of aromatic amines is 1. The number of rotatable bonds is 5. The van der Waals surface area contributed by atoms with Crippen LogP contribution < -0.4 is 21.1 Å². The largest absolute Gasteiger partial charge is 0.491 e. The Morgan fingerprint density at radius 1 is 1.09 bits per heavy atom. The van der Waals surface area contributed by atoms with Crippen LogP contribution in [0.2, 0.25) is 0 Å². The first kappa shape index (κ1) is 22.8. The van der Waals surface area contributed by atoms with Crippen LogP contribution in [0.5, 0.6) is 5.75 Å². The number of nitrogens with zero attached hydrogens (tertiary/aromatic N) is 2. The van der Waals surface area contributed by atoms with Gasteiger partial charge in [0.1, 0.15) is 5.82 Å². The Morgan fingerprint density at radius 3 is 2.59 bits per heavy atom. The Morgan fingerprint density at radius 2 is 1.85 bits per heavy atom. The van der Waals surface area contributed by atoms with Gasteiger partial charge in [0.05, 0.1) is 5.52 Å². The summed E-state index contributed by atoms with van der Waals surface area (Å²) in [5.74, 6) is -4.72. The average molecular weight is 477 g/mol. The fraction of sp³-hybridized carbons (Fsp3) is 0.143. The number of aromatic nitrogens is 3. The van der Waals surface area contributed by atoms with Crippen molar-refractivity contribution in [2.45, 2.75) is 20.0 Å². The van der Waals surface area contributed by atoms with Crippen molar-refractivity contribution in [3.8, 4) is 5.75 Å². The van der Waals surface area contributed by atoms with Crippen molar-refractivity contribution in [1.29, 1.82) is 0 Å². The molecule has 0 fully saturated rings. The number of hydrogen-bond acceptors (Lipinski definition) is 8. The van der Waals surface area contributed by atoms with Gasteiger partial charge >= 0.3 is 17.9 Å². The highest BCUT2D eigenvalue weighted by atomic mass is 19.4. The maximum atomic E-state index is 14.2. The van der Waals surface area contributed by atoms with Gasteiger partial charge in [0.15, 0.2) is 17.1 Å². The van der Waals surface area contributed by atoms with Crippen molar-refractivity contribution in [2.24, 2.45) is 0 Å². The zero-order valence-electron chi connectivity index (χ0n) is 17.5. The third-order valence-electron chi connectivity index (χ3n) is 4.56. The number of esters is 1. The van der Waals surface area contributed by atoms with E-state index in [4.69, 9.17) is 4.42 Å². The van der Waals surface area contributed by atoms with Crippen molar-refractivity contribution in [1.82, 2.24) is 15.0 Å². The van der Waals surface area contributed by atoms with Gasteiger partial charge in [-0.3, -0.25) is 4.98 Å². The standard InChI is InChI=1S/C21H15F4N5O4/c1-9-5-12(7-15(16(9)22)33-18(31)21(23,24)25)28-19-26-8-10(2)17(30-19)27-11-3-4-14-13(6-11)29-20(32)34-14/h3-8H,1-2H3,(H,29,32)(H2,26,27,28,30). The lowest BCUT2D eigenvalue weighted by Gasteiger charge is -2.13. The van der Waals surface area contributed by atoms with Gasteiger partial charge < -0.3 is 19.8 Å². The molecule has 0 saturated carbocycles. The third-order valence-corrected chi connectivity index (χ3v) is 4.56. The molecule has 0 saturated heterocycles. The van der Waals surface area contributed by atoms with Crippen LogP contribution in [0.25, 0.3) is 11.1 Å². The molecule has 0 aliphatic rings. The molecule has 0 amide bonds. The van der Waals surface area contributed by atoms with Gasteiger partial charge in [0.25, 0.3) is 0 Å². The van der Waals surface area contributed by atoms with E-state index in [-0.39, 0.29) is 17.2 Å². The quantitative estimate of drug-likeness (QED) is 0.216. The van der Waals surface area contributed by atoms with E-state index in [2.05, 4.69) is 30.3 Å². The summed E-state index contributed by atoms with van der Waals surface area (Å²) in [5.41, 5.74) is 2.12. The fourth-order valence-corrected chi connectivity index (χ4v) is 2.97. The minimum Gasteiger partial charge on any atom is -0.417 e. The third kappa shape index (κ3) is 4.82. The van der Waals surface area contributed by atoms with Gasteiger partial charge in [0.2, 0.25) is 5.95 Å². The van der Waals surface area contributed by atoms with E-state index in [1.165, 1.54) is 19.2 Å². The first-order valence-electron chi connectivity index (χ1n) is 9.59. The Hall–Kier alpha value is -4.42. The lowest BCUT2D eigenvalue weighted by molar-refractivity contribution is -0.189. The van der Waals surface area contributed by atoms with Gasteiger partial charge in [0, 0.05) is 29.2 Å². The molecule has 0 unspecified atom stereocenters. The predicted molar refractivity (Wildman–Crippen MR) is 113 cm³/mol. The molecular formula is C21H15F4N5O4. The van der Waals surface area contributed by atoms with Crippen LogP contribution in [0, 0.1) is 19.7 Å². The molecule has 176 valence electrons. The molecule has 0 atom stereocenters. The fourth-order valence-electron chi connectivity index (χ4n) is 2.97. The van der Waals surface area contributed by atoms with Crippen molar-refractivity contribution in [2.75, 3.05) is 10.6 Å². The van der Waals surface area contributed by atoms with Crippen molar-refractivity contribution < 1.29 is 31.5 Å². The predicted octanol–water partition coefficient (Wildman–Crippen LogP) is 4.62. The average Bonchev–Trinajstić information content (AvgIpc) is 3.12. The second kappa shape index (κ2) is 8.50. The lowest BCUT2D eigenvalue weighted by atomic mass is 10.2. The monoisotopic (exact) mass is 477 g/mol. The Balaban J connectivity index is 1.59. The van der Waals surface area contributed by atoms with E-state index in [1.54, 1.807) is 25.1 Å². The molecule has 4 rings (SSSR count). The highest BCUT2D eigenvalue weighted by Crippen LogP contribution is 2.30. The summed E-state index contributed by atoms with van der Waals surface area (Å²) >= 11 is 0. The minimum atomic E-state index is -5.28. The zero-order chi connectivity index (χ0) is 24.6. The number of carbonyl (C=O) groups is 1. The van der Waals surface area contributed by atoms with Gasteiger partial charge in [-0.15, -0.1) is 0 Å². The minimum absolute atomic E-state index is 0.0324. The summed E-state index contributed by atoms with van der Waals surface area (Å²) in [6.45, 7) is 3.03.